The van der Waals surface area contributed by atoms with E-state index in [-0.39, 0.29) is 10.2 Å². The Bertz CT molecular complexity index is 408. The monoisotopic (exact) mass is 247 g/mol. The molecule has 0 amide bonds. The number of nitrogens with zero attached hydrogens (tertiary/aromatic N) is 1. The van der Waals surface area contributed by atoms with Gasteiger partial charge in [-0.3, -0.25) is 0 Å². The quantitative estimate of drug-likeness (QED) is 0.715. The van der Waals surface area contributed by atoms with Crippen LogP contribution >= 0.6 is 11.8 Å². The van der Waals surface area contributed by atoms with E-state index >= 15 is 0 Å². The van der Waals surface area contributed by atoms with Crippen LogP contribution in [0.15, 0.2) is 24.3 Å². The Kier molecular flexibility index (Phi) is 4.27. The summed E-state index contributed by atoms with van der Waals surface area (Å²) < 4.78 is -0.0921. The van der Waals surface area contributed by atoms with Crippen molar-refractivity contribution in [2.75, 3.05) is 0 Å². The predicted octanol–water partition coefficient (Wildman–Crippen LogP) is 4.82. The molecule has 0 saturated heterocycles. The highest BCUT2D eigenvalue weighted by molar-refractivity contribution is 8.04. The Labute approximate surface area is 109 Å². The molecule has 1 nitrogen and oxygen atoms in total. The topological polar surface area (TPSA) is 23.8 Å². The van der Waals surface area contributed by atoms with E-state index in [1.54, 1.807) is 0 Å². The molecule has 0 saturated carbocycles. The Morgan fingerprint density at radius 2 is 1.53 bits per heavy atom. The van der Waals surface area contributed by atoms with Gasteiger partial charge in [-0.05, 0) is 41.6 Å². The summed E-state index contributed by atoms with van der Waals surface area (Å²) in [6.45, 7) is 10.9. The van der Waals surface area contributed by atoms with E-state index < -0.39 is 0 Å². The van der Waals surface area contributed by atoms with Crippen molar-refractivity contribution in [3.8, 4) is 5.40 Å². The molecule has 0 radical (unpaired) electrons. The normalized spacial score (nSPS) is 15.1. The van der Waals surface area contributed by atoms with E-state index in [2.05, 4.69) is 64.3 Å². The molecule has 92 valence electrons. The Balaban J connectivity index is 3.06. The summed E-state index contributed by atoms with van der Waals surface area (Å²) in [6.07, 6.45) is 0.958. The summed E-state index contributed by atoms with van der Waals surface area (Å²) in [6, 6.07) is 8.69. The summed E-state index contributed by atoms with van der Waals surface area (Å²) >= 11 is 1.35. The lowest BCUT2D eigenvalue weighted by Crippen LogP contribution is -2.16. The minimum Gasteiger partial charge on any atom is -0.185 e. The van der Waals surface area contributed by atoms with Gasteiger partial charge >= 0.3 is 0 Å². The highest BCUT2D eigenvalue weighted by Crippen LogP contribution is 2.39. The number of benzene rings is 1. The zero-order chi connectivity index (χ0) is 13.1. The lowest BCUT2D eigenvalue weighted by molar-refractivity contribution is 0.588. The van der Waals surface area contributed by atoms with Crippen molar-refractivity contribution in [2.45, 2.75) is 51.2 Å². The molecule has 0 fully saturated rings. The number of thioether (sulfide) groups is 1. The van der Waals surface area contributed by atoms with Crippen LogP contribution in [-0.4, -0.2) is 0 Å². The molecule has 0 aliphatic rings. The van der Waals surface area contributed by atoms with E-state index in [0.717, 1.165) is 6.42 Å². The molecular formula is C15H21NS. The molecule has 0 spiro atoms. The first-order valence-corrected chi connectivity index (χ1v) is 6.83. The molecule has 1 rings (SSSR count). The van der Waals surface area contributed by atoms with Gasteiger partial charge in [-0.1, -0.05) is 52.0 Å². The molecule has 0 aliphatic carbocycles. The third kappa shape index (κ3) is 3.26. The fourth-order valence-electron chi connectivity index (χ4n) is 1.76. The van der Waals surface area contributed by atoms with Gasteiger partial charge in [0.15, 0.2) is 0 Å². The van der Waals surface area contributed by atoms with Crippen molar-refractivity contribution in [1.82, 2.24) is 0 Å². The van der Waals surface area contributed by atoms with Crippen LogP contribution < -0.4 is 0 Å². The Morgan fingerprint density at radius 3 is 1.88 bits per heavy atom. The number of hydrogen-bond acceptors (Lipinski definition) is 2. The van der Waals surface area contributed by atoms with Gasteiger partial charge < -0.3 is 0 Å². The summed E-state index contributed by atoms with van der Waals surface area (Å²) in [5, 5.41) is 11.1. The first kappa shape index (κ1) is 14.1. The van der Waals surface area contributed by atoms with Crippen LogP contribution in [0.1, 0.15) is 52.2 Å². The fourth-order valence-corrected chi connectivity index (χ4v) is 2.36. The van der Waals surface area contributed by atoms with Gasteiger partial charge in [0.2, 0.25) is 0 Å². The third-order valence-electron chi connectivity index (χ3n) is 3.31. The highest BCUT2D eigenvalue weighted by Gasteiger charge is 2.26. The number of hydrogen-bond donors (Lipinski definition) is 0. The zero-order valence-corrected chi connectivity index (χ0v) is 12.2. The first-order valence-electron chi connectivity index (χ1n) is 6.01. The Morgan fingerprint density at radius 1 is 1.06 bits per heavy atom. The molecule has 0 aliphatic heterocycles. The Hall–Kier alpha value is -0.940. The van der Waals surface area contributed by atoms with Crippen LogP contribution in [0.4, 0.5) is 0 Å². The van der Waals surface area contributed by atoms with Crippen molar-refractivity contribution in [3.63, 3.8) is 0 Å². The molecule has 1 aromatic carbocycles. The molecule has 1 atom stereocenters. The maximum atomic E-state index is 8.89. The van der Waals surface area contributed by atoms with Crippen molar-refractivity contribution in [3.05, 3.63) is 35.4 Å². The molecule has 17 heavy (non-hydrogen) atoms. The van der Waals surface area contributed by atoms with Crippen LogP contribution in [0.5, 0.6) is 0 Å². The second-order valence-electron chi connectivity index (χ2n) is 5.61. The maximum absolute atomic E-state index is 8.89. The van der Waals surface area contributed by atoms with Crippen LogP contribution in [0, 0.1) is 10.7 Å². The van der Waals surface area contributed by atoms with Crippen LogP contribution in [-0.2, 0) is 10.2 Å². The number of nitriles is 1. The van der Waals surface area contributed by atoms with Crippen molar-refractivity contribution < 1.29 is 0 Å². The van der Waals surface area contributed by atoms with E-state index in [0.29, 0.717) is 0 Å². The summed E-state index contributed by atoms with van der Waals surface area (Å²) in [7, 11) is 0. The van der Waals surface area contributed by atoms with Gasteiger partial charge in [0.25, 0.3) is 0 Å². The third-order valence-corrected chi connectivity index (χ3v) is 4.37. The standard InChI is InChI=1S/C15H21NS/c1-6-15(5,17-11-16)13-9-7-12(8-10-13)14(2,3)4/h7-10H,6H2,1-5H3. The van der Waals surface area contributed by atoms with E-state index in [4.69, 9.17) is 5.26 Å². The van der Waals surface area contributed by atoms with Gasteiger partial charge in [0.1, 0.15) is 5.40 Å². The fraction of sp³-hybridized carbons (Fsp3) is 0.533. The predicted molar refractivity (Wildman–Crippen MR) is 76.0 cm³/mol. The summed E-state index contributed by atoms with van der Waals surface area (Å²) in [4.78, 5) is 0. The van der Waals surface area contributed by atoms with Crippen LogP contribution in [0.25, 0.3) is 0 Å². The molecule has 2 heteroatoms. The number of rotatable bonds is 3. The molecule has 0 heterocycles. The van der Waals surface area contributed by atoms with Crippen molar-refractivity contribution >= 4 is 11.8 Å². The van der Waals surface area contributed by atoms with E-state index in [1.807, 2.05) is 0 Å². The van der Waals surface area contributed by atoms with Gasteiger partial charge in [-0.2, -0.15) is 5.26 Å². The second kappa shape index (κ2) is 5.14. The molecule has 1 aromatic rings. The van der Waals surface area contributed by atoms with Gasteiger partial charge in [-0.25, -0.2) is 0 Å². The molecule has 0 bridgehead atoms. The largest absolute Gasteiger partial charge is 0.185 e. The van der Waals surface area contributed by atoms with Crippen LogP contribution in [0.2, 0.25) is 0 Å². The highest BCUT2D eigenvalue weighted by atomic mass is 32.2. The zero-order valence-electron chi connectivity index (χ0n) is 11.4. The average Bonchev–Trinajstić information content (AvgIpc) is 2.28. The average molecular weight is 247 g/mol. The summed E-state index contributed by atoms with van der Waals surface area (Å²) in [5.41, 5.74) is 2.75. The lowest BCUT2D eigenvalue weighted by atomic mass is 9.85. The molecule has 0 N–H and O–H groups in total. The summed E-state index contributed by atoms with van der Waals surface area (Å²) in [5.74, 6) is 0. The van der Waals surface area contributed by atoms with Crippen molar-refractivity contribution in [2.24, 2.45) is 0 Å². The van der Waals surface area contributed by atoms with Gasteiger partial charge in [-0.15, -0.1) is 0 Å². The lowest BCUT2D eigenvalue weighted by Gasteiger charge is -2.26. The smallest absolute Gasteiger partial charge is 0.134 e. The van der Waals surface area contributed by atoms with Gasteiger partial charge in [0, 0.05) is 0 Å². The van der Waals surface area contributed by atoms with Gasteiger partial charge in [0.05, 0.1) is 4.75 Å². The molecule has 1 unspecified atom stereocenters. The van der Waals surface area contributed by atoms with E-state index in [1.165, 1.54) is 22.9 Å². The minimum absolute atomic E-state index is 0.0921. The second-order valence-corrected chi connectivity index (χ2v) is 6.89. The van der Waals surface area contributed by atoms with Crippen molar-refractivity contribution in [1.29, 1.82) is 5.26 Å². The van der Waals surface area contributed by atoms with Crippen LogP contribution in [0.3, 0.4) is 0 Å². The van der Waals surface area contributed by atoms with E-state index in [9.17, 15) is 0 Å². The molecule has 0 aromatic heterocycles. The SMILES string of the molecule is CCC(C)(SC#N)c1ccc(C(C)(C)C)cc1. The maximum Gasteiger partial charge on any atom is 0.134 e. The minimum atomic E-state index is -0.0921. The number of thiocyanates is 1. The molecular weight excluding hydrogens is 226 g/mol. The first-order chi connectivity index (χ1) is 7.83.